The molecule has 0 saturated carbocycles. The van der Waals surface area contributed by atoms with Gasteiger partial charge in [0.2, 0.25) is 0 Å². The first-order chi connectivity index (χ1) is 10.7. The molecular formula is C17H19NO4. The van der Waals surface area contributed by atoms with E-state index in [2.05, 4.69) is 5.32 Å². The standard InChI is InChI=1S/C17H19NO4/c1-20-14-8-6-13(7-9-14)11-18-17(19)12-22-16-5-3-4-15(10-16)21-2/h3-10H,11-12H2,1-2H3,(H,18,19). The van der Waals surface area contributed by atoms with E-state index in [0.29, 0.717) is 18.0 Å². The molecule has 0 bridgehead atoms. The molecule has 5 nitrogen and oxygen atoms in total. The van der Waals surface area contributed by atoms with Gasteiger partial charge in [0.05, 0.1) is 14.2 Å². The Morgan fingerprint density at radius 3 is 2.32 bits per heavy atom. The third-order valence-electron chi connectivity index (χ3n) is 3.06. The van der Waals surface area contributed by atoms with Crippen LogP contribution in [0.3, 0.4) is 0 Å². The topological polar surface area (TPSA) is 56.8 Å². The molecule has 116 valence electrons. The normalized spacial score (nSPS) is 9.91. The second-order valence-corrected chi connectivity index (χ2v) is 4.59. The number of nitrogens with one attached hydrogen (secondary N) is 1. The van der Waals surface area contributed by atoms with Crippen molar-refractivity contribution in [2.75, 3.05) is 20.8 Å². The molecule has 2 aromatic rings. The van der Waals surface area contributed by atoms with Crippen LogP contribution in [0.2, 0.25) is 0 Å². The fourth-order valence-corrected chi connectivity index (χ4v) is 1.83. The maximum atomic E-state index is 11.8. The SMILES string of the molecule is COc1ccc(CNC(=O)COc2cccc(OC)c2)cc1. The van der Waals surface area contributed by atoms with Crippen molar-refractivity contribution in [2.45, 2.75) is 6.54 Å². The predicted octanol–water partition coefficient (Wildman–Crippen LogP) is 2.40. The van der Waals surface area contributed by atoms with Crippen molar-refractivity contribution in [3.8, 4) is 17.2 Å². The number of benzene rings is 2. The third-order valence-corrected chi connectivity index (χ3v) is 3.06. The van der Waals surface area contributed by atoms with Gasteiger partial charge < -0.3 is 19.5 Å². The first-order valence-electron chi connectivity index (χ1n) is 6.88. The number of ether oxygens (including phenoxy) is 3. The molecule has 0 aromatic heterocycles. The van der Waals surface area contributed by atoms with Crippen molar-refractivity contribution in [1.82, 2.24) is 5.32 Å². The van der Waals surface area contributed by atoms with Crippen molar-refractivity contribution in [3.63, 3.8) is 0 Å². The van der Waals surface area contributed by atoms with Gasteiger partial charge in [-0.15, -0.1) is 0 Å². The van der Waals surface area contributed by atoms with Gasteiger partial charge in [-0.1, -0.05) is 18.2 Å². The van der Waals surface area contributed by atoms with Crippen LogP contribution in [0.25, 0.3) is 0 Å². The van der Waals surface area contributed by atoms with Gasteiger partial charge in [-0.2, -0.15) is 0 Å². The highest BCUT2D eigenvalue weighted by molar-refractivity contribution is 5.77. The number of hydrogen-bond donors (Lipinski definition) is 1. The highest BCUT2D eigenvalue weighted by Gasteiger charge is 2.04. The molecule has 0 spiro atoms. The lowest BCUT2D eigenvalue weighted by atomic mass is 10.2. The lowest BCUT2D eigenvalue weighted by molar-refractivity contribution is -0.123. The number of methoxy groups -OCH3 is 2. The van der Waals surface area contributed by atoms with Crippen LogP contribution < -0.4 is 19.5 Å². The van der Waals surface area contributed by atoms with E-state index in [1.54, 1.807) is 26.4 Å². The number of rotatable bonds is 7. The molecule has 1 amide bonds. The van der Waals surface area contributed by atoms with Crippen LogP contribution in [-0.4, -0.2) is 26.7 Å². The molecule has 2 aromatic carbocycles. The van der Waals surface area contributed by atoms with Gasteiger partial charge >= 0.3 is 0 Å². The van der Waals surface area contributed by atoms with Crippen LogP contribution in [0.15, 0.2) is 48.5 Å². The Morgan fingerprint density at radius 1 is 0.955 bits per heavy atom. The Morgan fingerprint density at radius 2 is 1.64 bits per heavy atom. The summed E-state index contributed by atoms with van der Waals surface area (Å²) in [7, 11) is 3.20. The van der Waals surface area contributed by atoms with Crippen LogP contribution in [0.1, 0.15) is 5.56 Å². The quantitative estimate of drug-likeness (QED) is 0.853. The summed E-state index contributed by atoms with van der Waals surface area (Å²) in [5.41, 5.74) is 0.996. The minimum atomic E-state index is -0.182. The zero-order valence-corrected chi connectivity index (χ0v) is 12.7. The van der Waals surface area contributed by atoms with Crippen molar-refractivity contribution in [2.24, 2.45) is 0 Å². The number of amides is 1. The highest BCUT2D eigenvalue weighted by Crippen LogP contribution is 2.18. The van der Waals surface area contributed by atoms with Crippen molar-refractivity contribution >= 4 is 5.91 Å². The molecule has 1 N–H and O–H groups in total. The largest absolute Gasteiger partial charge is 0.497 e. The minimum absolute atomic E-state index is 0.0384. The van der Waals surface area contributed by atoms with Crippen LogP contribution in [0.4, 0.5) is 0 Å². The molecule has 0 saturated heterocycles. The van der Waals surface area contributed by atoms with E-state index >= 15 is 0 Å². The summed E-state index contributed by atoms with van der Waals surface area (Å²) < 4.78 is 15.6. The van der Waals surface area contributed by atoms with E-state index < -0.39 is 0 Å². The van der Waals surface area contributed by atoms with E-state index in [1.807, 2.05) is 36.4 Å². The fourth-order valence-electron chi connectivity index (χ4n) is 1.83. The van der Waals surface area contributed by atoms with E-state index in [4.69, 9.17) is 14.2 Å². The van der Waals surface area contributed by atoms with E-state index in [9.17, 15) is 4.79 Å². The zero-order chi connectivity index (χ0) is 15.8. The Bertz CT molecular complexity index is 610. The molecule has 2 rings (SSSR count). The molecule has 0 heterocycles. The number of carbonyl (C=O) groups excluding carboxylic acids is 1. The summed E-state index contributed by atoms with van der Waals surface area (Å²) in [5, 5.41) is 2.80. The summed E-state index contributed by atoms with van der Waals surface area (Å²) in [6.45, 7) is 0.410. The Balaban J connectivity index is 1.77. The zero-order valence-electron chi connectivity index (χ0n) is 12.7. The Kier molecular flexibility index (Phi) is 5.65. The molecule has 0 atom stereocenters. The first-order valence-corrected chi connectivity index (χ1v) is 6.88. The van der Waals surface area contributed by atoms with E-state index in [1.165, 1.54) is 0 Å². The van der Waals surface area contributed by atoms with E-state index in [-0.39, 0.29) is 12.5 Å². The summed E-state index contributed by atoms with van der Waals surface area (Å²) >= 11 is 0. The lowest BCUT2D eigenvalue weighted by Gasteiger charge is -2.09. The van der Waals surface area contributed by atoms with Gasteiger partial charge in [0.1, 0.15) is 17.2 Å². The third kappa shape index (κ3) is 4.70. The molecule has 0 aliphatic carbocycles. The van der Waals surface area contributed by atoms with Crippen LogP contribution >= 0.6 is 0 Å². The molecule has 0 fully saturated rings. The van der Waals surface area contributed by atoms with Gasteiger partial charge in [-0.3, -0.25) is 4.79 Å². The fraction of sp³-hybridized carbons (Fsp3) is 0.235. The predicted molar refractivity (Wildman–Crippen MR) is 83.3 cm³/mol. The summed E-state index contributed by atoms with van der Waals surface area (Å²) in [5.74, 6) is 1.89. The minimum Gasteiger partial charge on any atom is -0.497 e. The van der Waals surface area contributed by atoms with E-state index in [0.717, 1.165) is 11.3 Å². The monoisotopic (exact) mass is 301 g/mol. The van der Waals surface area contributed by atoms with Gasteiger partial charge in [0.25, 0.3) is 5.91 Å². The maximum Gasteiger partial charge on any atom is 0.258 e. The average molecular weight is 301 g/mol. The average Bonchev–Trinajstić information content (AvgIpc) is 2.58. The van der Waals surface area contributed by atoms with Crippen LogP contribution in [-0.2, 0) is 11.3 Å². The summed E-state index contributed by atoms with van der Waals surface area (Å²) in [6, 6.07) is 14.7. The summed E-state index contributed by atoms with van der Waals surface area (Å²) in [4.78, 5) is 11.8. The number of hydrogen-bond acceptors (Lipinski definition) is 4. The molecular weight excluding hydrogens is 282 g/mol. The lowest BCUT2D eigenvalue weighted by Crippen LogP contribution is -2.28. The van der Waals surface area contributed by atoms with Crippen LogP contribution in [0.5, 0.6) is 17.2 Å². The van der Waals surface area contributed by atoms with Crippen molar-refractivity contribution in [1.29, 1.82) is 0 Å². The second-order valence-electron chi connectivity index (χ2n) is 4.59. The first kappa shape index (κ1) is 15.7. The molecule has 22 heavy (non-hydrogen) atoms. The van der Waals surface area contributed by atoms with Crippen molar-refractivity contribution < 1.29 is 19.0 Å². The number of carbonyl (C=O) groups is 1. The Hall–Kier alpha value is -2.69. The van der Waals surface area contributed by atoms with Gasteiger partial charge in [-0.25, -0.2) is 0 Å². The summed E-state index contributed by atoms with van der Waals surface area (Å²) in [6.07, 6.45) is 0. The maximum absolute atomic E-state index is 11.8. The molecule has 5 heteroatoms. The Labute approximate surface area is 129 Å². The molecule has 0 unspecified atom stereocenters. The highest BCUT2D eigenvalue weighted by atomic mass is 16.5. The molecule has 0 aliphatic heterocycles. The van der Waals surface area contributed by atoms with Gasteiger partial charge in [0, 0.05) is 12.6 Å². The van der Waals surface area contributed by atoms with Crippen LogP contribution in [0, 0.1) is 0 Å². The van der Waals surface area contributed by atoms with Gasteiger partial charge in [0.15, 0.2) is 6.61 Å². The molecule has 0 aliphatic rings. The van der Waals surface area contributed by atoms with Crippen molar-refractivity contribution in [3.05, 3.63) is 54.1 Å². The molecule has 0 radical (unpaired) electrons. The smallest absolute Gasteiger partial charge is 0.258 e. The van der Waals surface area contributed by atoms with Gasteiger partial charge in [-0.05, 0) is 29.8 Å². The second kappa shape index (κ2) is 7.93.